The Hall–Kier alpha value is -2.12. The fraction of sp³-hybridized carbons (Fsp3) is 0.500. The van der Waals surface area contributed by atoms with Crippen molar-refractivity contribution in [2.24, 2.45) is 11.8 Å². The fourth-order valence-corrected chi connectivity index (χ4v) is 2.43. The van der Waals surface area contributed by atoms with Crippen LogP contribution in [0.25, 0.3) is 0 Å². The molecule has 0 spiro atoms. The predicted octanol–water partition coefficient (Wildman–Crippen LogP) is 1.59. The molecule has 126 valence electrons. The van der Waals surface area contributed by atoms with Crippen molar-refractivity contribution in [1.29, 1.82) is 0 Å². The molecule has 1 aliphatic heterocycles. The summed E-state index contributed by atoms with van der Waals surface area (Å²) in [5.41, 5.74) is 5.39. The third kappa shape index (κ3) is 4.43. The van der Waals surface area contributed by atoms with E-state index in [1.807, 2.05) is 44.2 Å². The number of nitrogens with one attached hydrogen (secondary N) is 2. The standard InChI is InChI=1S/C16H22N2O5/c1-10-11(2)15(21-3)23-13(10)14(19)17-18-16(20)22-9-12-7-5-4-6-8-12/h4-8,10-11,13,15H,9H2,1-3H3,(H,17,19)(H,18,20). The summed E-state index contributed by atoms with van der Waals surface area (Å²) >= 11 is 0. The minimum Gasteiger partial charge on any atom is -0.443 e. The number of hydrogen-bond donors (Lipinski definition) is 2. The number of hydrazine groups is 1. The summed E-state index contributed by atoms with van der Waals surface area (Å²) in [6.45, 7) is 3.98. The number of ether oxygens (including phenoxy) is 3. The van der Waals surface area contributed by atoms with Crippen molar-refractivity contribution in [3.63, 3.8) is 0 Å². The summed E-state index contributed by atoms with van der Waals surface area (Å²) in [5.74, 6) is -0.372. The predicted molar refractivity (Wildman–Crippen MR) is 81.9 cm³/mol. The van der Waals surface area contributed by atoms with Gasteiger partial charge in [-0.1, -0.05) is 44.2 Å². The second-order valence-corrected chi connectivity index (χ2v) is 5.55. The first-order chi connectivity index (χ1) is 11.0. The second-order valence-electron chi connectivity index (χ2n) is 5.55. The molecule has 0 radical (unpaired) electrons. The number of hydrogen-bond acceptors (Lipinski definition) is 5. The first-order valence-corrected chi connectivity index (χ1v) is 7.47. The van der Waals surface area contributed by atoms with Gasteiger partial charge in [-0.05, 0) is 11.5 Å². The lowest BCUT2D eigenvalue weighted by atomic mass is 9.93. The lowest BCUT2D eigenvalue weighted by Crippen LogP contribution is -2.48. The van der Waals surface area contributed by atoms with Crippen LogP contribution in [-0.2, 0) is 25.6 Å². The number of carbonyl (C=O) groups is 2. The van der Waals surface area contributed by atoms with Crippen LogP contribution in [0, 0.1) is 11.8 Å². The lowest BCUT2D eigenvalue weighted by molar-refractivity contribution is -0.153. The van der Waals surface area contributed by atoms with Gasteiger partial charge < -0.3 is 14.2 Å². The van der Waals surface area contributed by atoms with E-state index >= 15 is 0 Å². The number of carbonyl (C=O) groups excluding carboxylic acids is 2. The topological polar surface area (TPSA) is 85.9 Å². The Bertz CT molecular complexity index is 537. The minimum absolute atomic E-state index is 0.0258. The van der Waals surface area contributed by atoms with E-state index < -0.39 is 24.4 Å². The van der Waals surface area contributed by atoms with Gasteiger partial charge in [-0.2, -0.15) is 0 Å². The van der Waals surface area contributed by atoms with Gasteiger partial charge in [0.1, 0.15) is 12.7 Å². The molecule has 1 aliphatic rings. The Balaban J connectivity index is 1.75. The highest BCUT2D eigenvalue weighted by atomic mass is 16.7. The Morgan fingerprint density at radius 1 is 1.13 bits per heavy atom. The second kappa shape index (κ2) is 7.94. The maximum atomic E-state index is 12.1. The summed E-state index contributed by atoms with van der Waals surface area (Å²) < 4.78 is 15.7. The van der Waals surface area contributed by atoms with E-state index in [9.17, 15) is 9.59 Å². The van der Waals surface area contributed by atoms with Gasteiger partial charge in [0, 0.05) is 13.0 Å². The number of rotatable bonds is 4. The molecule has 4 unspecified atom stereocenters. The Morgan fingerprint density at radius 2 is 1.83 bits per heavy atom. The molecule has 2 rings (SSSR count). The maximum Gasteiger partial charge on any atom is 0.426 e. The van der Waals surface area contributed by atoms with E-state index in [-0.39, 0.29) is 18.4 Å². The van der Waals surface area contributed by atoms with E-state index in [0.717, 1.165) is 5.56 Å². The van der Waals surface area contributed by atoms with Crippen LogP contribution in [0.2, 0.25) is 0 Å². The molecule has 1 aromatic carbocycles. The van der Waals surface area contributed by atoms with Gasteiger partial charge in [0.05, 0.1) is 0 Å². The number of benzene rings is 1. The Kier molecular flexibility index (Phi) is 5.95. The zero-order valence-electron chi connectivity index (χ0n) is 13.4. The average molecular weight is 322 g/mol. The molecule has 2 amide bonds. The molecule has 0 bridgehead atoms. The van der Waals surface area contributed by atoms with E-state index in [2.05, 4.69) is 10.9 Å². The zero-order valence-corrected chi connectivity index (χ0v) is 13.4. The quantitative estimate of drug-likeness (QED) is 0.822. The summed E-state index contributed by atoms with van der Waals surface area (Å²) in [6, 6.07) is 9.26. The Labute approximate surface area is 135 Å². The third-order valence-corrected chi connectivity index (χ3v) is 4.01. The summed E-state index contributed by atoms with van der Waals surface area (Å²) in [7, 11) is 1.54. The van der Waals surface area contributed by atoms with Crippen molar-refractivity contribution in [2.75, 3.05) is 7.11 Å². The van der Waals surface area contributed by atoms with Crippen molar-refractivity contribution in [2.45, 2.75) is 32.8 Å². The van der Waals surface area contributed by atoms with Gasteiger partial charge in [0.2, 0.25) is 0 Å². The molecule has 0 aliphatic carbocycles. The van der Waals surface area contributed by atoms with Gasteiger partial charge >= 0.3 is 6.09 Å². The smallest absolute Gasteiger partial charge is 0.426 e. The van der Waals surface area contributed by atoms with E-state index in [1.165, 1.54) is 7.11 Å². The minimum atomic E-state index is -0.732. The normalized spacial score (nSPS) is 26.6. The molecular weight excluding hydrogens is 300 g/mol. The van der Waals surface area contributed by atoms with Gasteiger partial charge in [-0.15, -0.1) is 0 Å². The maximum absolute atomic E-state index is 12.1. The van der Waals surface area contributed by atoms with Crippen LogP contribution < -0.4 is 10.9 Å². The molecular formula is C16H22N2O5. The lowest BCUT2D eigenvalue weighted by Gasteiger charge is -2.15. The highest BCUT2D eigenvalue weighted by Gasteiger charge is 2.43. The van der Waals surface area contributed by atoms with Gasteiger partial charge in [-0.25, -0.2) is 10.2 Å². The van der Waals surface area contributed by atoms with Crippen LogP contribution in [0.3, 0.4) is 0 Å². The molecule has 1 fully saturated rings. The average Bonchev–Trinajstić information content (AvgIpc) is 2.87. The molecule has 2 N–H and O–H groups in total. The van der Waals surface area contributed by atoms with Crippen molar-refractivity contribution in [3.8, 4) is 0 Å². The van der Waals surface area contributed by atoms with Crippen LogP contribution in [0.1, 0.15) is 19.4 Å². The summed E-state index contributed by atoms with van der Waals surface area (Å²) in [5, 5.41) is 0. The Morgan fingerprint density at radius 3 is 2.43 bits per heavy atom. The third-order valence-electron chi connectivity index (χ3n) is 4.01. The first kappa shape index (κ1) is 17.2. The number of methoxy groups -OCH3 is 1. The molecule has 4 atom stereocenters. The summed E-state index contributed by atoms with van der Waals surface area (Å²) in [6.07, 6.45) is -1.83. The highest BCUT2D eigenvalue weighted by molar-refractivity contribution is 5.83. The largest absolute Gasteiger partial charge is 0.443 e. The SMILES string of the molecule is COC1OC(C(=O)NNC(=O)OCc2ccccc2)C(C)C1C. The molecule has 1 saturated heterocycles. The molecule has 0 aromatic heterocycles. The summed E-state index contributed by atoms with van der Waals surface area (Å²) in [4.78, 5) is 23.7. The first-order valence-electron chi connectivity index (χ1n) is 7.47. The monoisotopic (exact) mass is 322 g/mol. The molecule has 7 nitrogen and oxygen atoms in total. The molecule has 0 saturated carbocycles. The van der Waals surface area contributed by atoms with Crippen LogP contribution in [0.15, 0.2) is 30.3 Å². The van der Waals surface area contributed by atoms with Gasteiger partial charge in [0.25, 0.3) is 5.91 Å². The molecule has 7 heteroatoms. The van der Waals surface area contributed by atoms with Crippen molar-refractivity contribution < 1.29 is 23.8 Å². The molecule has 1 heterocycles. The molecule has 23 heavy (non-hydrogen) atoms. The van der Waals surface area contributed by atoms with E-state index in [0.29, 0.717) is 0 Å². The zero-order chi connectivity index (χ0) is 16.8. The number of amides is 2. The van der Waals surface area contributed by atoms with Crippen LogP contribution in [0.4, 0.5) is 4.79 Å². The van der Waals surface area contributed by atoms with Gasteiger partial charge in [-0.3, -0.25) is 10.2 Å². The van der Waals surface area contributed by atoms with Crippen LogP contribution >= 0.6 is 0 Å². The van der Waals surface area contributed by atoms with Crippen molar-refractivity contribution >= 4 is 12.0 Å². The molecule has 1 aromatic rings. The van der Waals surface area contributed by atoms with E-state index in [1.54, 1.807) is 0 Å². The van der Waals surface area contributed by atoms with E-state index in [4.69, 9.17) is 14.2 Å². The van der Waals surface area contributed by atoms with Crippen molar-refractivity contribution in [3.05, 3.63) is 35.9 Å². The van der Waals surface area contributed by atoms with Gasteiger partial charge in [0.15, 0.2) is 6.29 Å². The fourth-order valence-electron chi connectivity index (χ4n) is 2.43. The van der Waals surface area contributed by atoms with Crippen molar-refractivity contribution in [1.82, 2.24) is 10.9 Å². The van der Waals surface area contributed by atoms with Crippen LogP contribution in [0.5, 0.6) is 0 Å². The highest BCUT2D eigenvalue weighted by Crippen LogP contribution is 2.32. The van der Waals surface area contributed by atoms with Crippen LogP contribution in [-0.4, -0.2) is 31.5 Å².